The molecule has 0 aliphatic rings. The first-order valence-electron chi connectivity index (χ1n) is 8.91. The van der Waals surface area contributed by atoms with Crippen LogP contribution in [0.25, 0.3) is 0 Å². The normalized spacial score (nSPS) is 12.4. The zero-order valence-electron chi connectivity index (χ0n) is 15.4. The van der Waals surface area contributed by atoms with Gasteiger partial charge in [-0.25, -0.2) is 13.2 Å². The van der Waals surface area contributed by atoms with Gasteiger partial charge in [-0.2, -0.15) is 0 Å². The quantitative estimate of drug-likeness (QED) is 0.612. The Balaban J connectivity index is 1.76. The van der Waals surface area contributed by atoms with Crippen molar-refractivity contribution in [3.8, 4) is 0 Å². The molecule has 2 amide bonds. The Morgan fingerprint density at radius 1 is 1.04 bits per heavy atom. The second-order valence-electron chi connectivity index (χ2n) is 6.44. The summed E-state index contributed by atoms with van der Waals surface area (Å²) in [6.45, 7) is 1.86. The van der Waals surface area contributed by atoms with E-state index in [0.29, 0.717) is 6.54 Å². The summed E-state index contributed by atoms with van der Waals surface area (Å²) in [5, 5.41) is 14.5. The van der Waals surface area contributed by atoms with Gasteiger partial charge in [-0.05, 0) is 43.0 Å². The first-order chi connectivity index (χ1) is 12.9. The van der Waals surface area contributed by atoms with Gasteiger partial charge in [-0.3, -0.25) is 0 Å². The molecule has 0 saturated carbocycles. The number of nitrogens with one attached hydrogen (secondary N) is 2. The van der Waals surface area contributed by atoms with Gasteiger partial charge in [0.15, 0.2) is 9.84 Å². The summed E-state index contributed by atoms with van der Waals surface area (Å²) < 4.78 is 23.7. The van der Waals surface area contributed by atoms with Crippen LogP contribution in [-0.4, -0.2) is 38.0 Å². The number of carbonyl (C=O) groups is 1. The number of hydrogen-bond donors (Lipinski definition) is 3. The van der Waals surface area contributed by atoms with Gasteiger partial charge in [0.2, 0.25) is 0 Å². The van der Waals surface area contributed by atoms with Crippen LogP contribution in [0.15, 0.2) is 59.5 Å². The van der Waals surface area contributed by atoms with E-state index in [1.807, 2.05) is 25.1 Å². The van der Waals surface area contributed by atoms with Crippen LogP contribution in [0.3, 0.4) is 0 Å². The number of aliphatic hydroxyl groups is 1. The van der Waals surface area contributed by atoms with Crippen molar-refractivity contribution in [2.45, 2.75) is 37.2 Å². The Kier molecular flexibility index (Phi) is 7.82. The van der Waals surface area contributed by atoms with Crippen LogP contribution >= 0.6 is 0 Å². The molecule has 7 heteroatoms. The fraction of sp³-hybridized carbons (Fsp3) is 0.350. The zero-order valence-corrected chi connectivity index (χ0v) is 16.2. The summed E-state index contributed by atoms with van der Waals surface area (Å²) in [4.78, 5) is 12.2. The number of urea groups is 1. The van der Waals surface area contributed by atoms with Crippen LogP contribution in [-0.2, 0) is 22.8 Å². The van der Waals surface area contributed by atoms with Crippen LogP contribution in [0, 0.1) is 0 Å². The van der Waals surface area contributed by atoms with Gasteiger partial charge in [0.05, 0.1) is 17.3 Å². The molecule has 2 aromatic carbocycles. The minimum atomic E-state index is -3.45. The molecular weight excluding hydrogens is 364 g/mol. The minimum absolute atomic E-state index is 0.0382. The molecule has 0 radical (unpaired) electrons. The Morgan fingerprint density at radius 2 is 1.70 bits per heavy atom. The number of rotatable bonds is 9. The SMILES string of the molecule is C[C@@H](CCc1ccccc1)NC(=O)NCc1ccc(S(=O)(=O)CCO)cc1. The second-order valence-corrected chi connectivity index (χ2v) is 8.55. The van der Waals surface area contributed by atoms with Crippen molar-refractivity contribution in [1.82, 2.24) is 10.6 Å². The molecule has 0 fully saturated rings. The third kappa shape index (κ3) is 7.03. The fourth-order valence-corrected chi connectivity index (χ4v) is 3.64. The molecule has 0 saturated heterocycles. The molecule has 0 aliphatic heterocycles. The van der Waals surface area contributed by atoms with Crippen molar-refractivity contribution in [1.29, 1.82) is 0 Å². The van der Waals surface area contributed by atoms with Crippen molar-refractivity contribution < 1.29 is 18.3 Å². The summed E-state index contributed by atoms with van der Waals surface area (Å²) in [5.41, 5.74) is 2.04. The second kappa shape index (κ2) is 10.1. The lowest BCUT2D eigenvalue weighted by Crippen LogP contribution is -2.40. The van der Waals surface area contributed by atoms with Crippen LogP contribution in [0.4, 0.5) is 4.79 Å². The van der Waals surface area contributed by atoms with Gasteiger partial charge >= 0.3 is 6.03 Å². The molecule has 27 heavy (non-hydrogen) atoms. The van der Waals surface area contributed by atoms with Gasteiger partial charge in [0, 0.05) is 12.6 Å². The van der Waals surface area contributed by atoms with E-state index >= 15 is 0 Å². The Bertz CT molecular complexity index is 821. The standard InChI is InChI=1S/C20H26N2O4S/c1-16(7-8-17-5-3-2-4-6-17)22-20(24)21-15-18-9-11-19(12-10-18)27(25,26)14-13-23/h2-6,9-12,16,23H,7-8,13-15H2,1H3,(H2,21,22,24)/t16-/m0/s1. The maximum atomic E-state index is 12.0. The molecule has 0 aromatic heterocycles. The average Bonchev–Trinajstić information content (AvgIpc) is 2.66. The highest BCUT2D eigenvalue weighted by Gasteiger charge is 2.13. The predicted molar refractivity (Wildman–Crippen MR) is 105 cm³/mol. The average molecular weight is 391 g/mol. The highest BCUT2D eigenvalue weighted by molar-refractivity contribution is 7.91. The van der Waals surface area contributed by atoms with Crippen LogP contribution < -0.4 is 10.6 Å². The minimum Gasteiger partial charge on any atom is -0.395 e. The highest BCUT2D eigenvalue weighted by atomic mass is 32.2. The lowest BCUT2D eigenvalue weighted by molar-refractivity contribution is 0.237. The fourth-order valence-electron chi connectivity index (χ4n) is 2.61. The van der Waals surface area contributed by atoms with Crippen LogP contribution in [0.2, 0.25) is 0 Å². The Hall–Kier alpha value is -2.38. The Morgan fingerprint density at radius 3 is 2.33 bits per heavy atom. The maximum absolute atomic E-state index is 12.0. The largest absolute Gasteiger partial charge is 0.395 e. The Labute approximate surface area is 160 Å². The molecule has 1 atom stereocenters. The number of sulfone groups is 1. The summed E-state index contributed by atoms with van der Waals surface area (Å²) in [6.07, 6.45) is 1.74. The summed E-state index contributed by atoms with van der Waals surface area (Å²) >= 11 is 0. The van der Waals surface area contributed by atoms with Crippen molar-refractivity contribution in [2.75, 3.05) is 12.4 Å². The van der Waals surface area contributed by atoms with E-state index in [0.717, 1.165) is 18.4 Å². The van der Waals surface area contributed by atoms with E-state index in [1.54, 1.807) is 12.1 Å². The summed E-state index contributed by atoms with van der Waals surface area (Å²) in [6, 6.07) is 16.2. The number of benzene rings is 2. The molecule has 0 bridgehead atoms. The molecule has 0 heterocycles. The number of carbonyl (C=O) groups excluding carboxylic acids is 1. The lowest BCUT2D eigenvalue weighted by Gasteiger charge is -2.15. The molecule has 0 unspecified atom stereocenters. The van der Waals surface area contributed by atoms with Gasteiger partial charge in [-0.15, -0.1) is 0 Å². The third-order valence-electron chi connectivity index (χ3n) is 4.18. The van der Waals surface area contributed by atoms with Crippen molar-refractivity contribution in [2.24, 2.45) is 0 Å². The highest BCUT2D eigenvalue weighted by Crippen LogP contribution is 2.12. The predicted octanol–water partition coefficient (Wildman–Crippen LogP) is 2.27. The van der Waals surface area contributed by atoms with E-state index in [4.69, 9.17) is 5.11 Å². The summed E-state index contributed by atoms with van der Waals surface area (Å²) in [7, 11) is -3.45. The van der Waals surface area contributed by atoms with E-state index in [1.165, 1.54) is 17.7 Å². The first kappa shape index (κ1) is 20.9. The number of hydrogen-bond acceptors (Lipinski definition) is 4. The molecular formula is C20H26N2O4S. The van der Waals surface area contributed by atoms with Gasteiger partial charge in [0.25, 0.3) is 0 Å². The van der Waals surface area contributed by atoms with Gasteiger partial charge in [-0.1, -0.05) is 42.5 Å². The number of aryl methyl sites for hydroxylation is 1. The molecule has 146 valence electrons. The summed E-state index contributed by atoms with van der Waals surface area (Å²) in [5.74, 6) is -0.298. The molecule has 2 rings (SSSR count). The topological polar surface area (TPSA) is 95.5 Å². The van der Waals surface area contributed by atoms with Crippen molar-refractivity contribution in [3.63, 3.8) is 0 Å². The van der Waals surface area contributed by atoms with Crippen molar-refractivity contribution >= 4 is 15.9 Å². The van der Waals surface area contributed by atoms with Crippen LogP contribution in [0.5, 0.6) is 0 Å². The molecule has 6 nitrogen and oxygen atoms in total. The maximum Gasteiger partial charge on any atom is 0.315 e. The third-order valence-corrected chi connectivity index (χ3v) is 5.89. The number of amides is 2. The van der Waals surface area contributed by atoms with Crippen molar-refractivity contribution in [3.05, 3.63) is 65.7 Å². The first-order valence-corrected chi connectivity index (χ1v) is 10.6. The molecule has 2 aromatic rings. The lowest BCUT2D eigenvalue weighted by atomic mass is 10.1. The zero-order chi connectivity index (χ0) is 19.7. The molecule has 3 N–H and O–H groups in total. The van der Waals surface area contributed by atoms with E-state index in [9.17, 15) is 13.2 Å². The molecule has 0 aliphatic carbocycles. The smallest absolute Gasteiger partial charge is 0.315 e. The monoisotopic (exact) mass is 390 g/mol. The van der Waals surface area contributed by atoms with E-state index in [-0.39, 0.29) is 22.7 Å². The van der Waals surface area contributed by atoms with Gasteiger partial charge in [0.1, 0.15) is 0 Å². The van der Waals surface area contributed by atoms with Gasteiger partial charge < -0.3 is 15.7 Å². The van der Waals surface area contributed by atoms with E-state index < -0.39 is 16.4 Å². The van der Waals surface area contributed by atoms with Crippen LogP contribution in [0.1, 0.15) is 24.5 Å². The number of aliphatic hydroxyl groups excluding tert-OH is 1. The van der Waals surface area contributed by atoms with E-state index in [2.05, 4.69) is 22.8 Å². The molecule has 0 spiro atoms.